The maximum absolute atomic E-state index is 13.8. The zero-order valence-electron chi connectivity index (χ0n) is 16.8. The van der Waals surface area contributed by atoms with Gasteiger partial charge in [-0.3, -0.25) is 9.59 Å². The molecule has 0 saturated heterocycles. The van der Waals surface area contributed by atoms with Crippen LogP contribution in [0.25, 0.3) is 6.08 Å². The highest BCUT2D eigenvalue weighted by Crippen LogP contribution is 2.56. The van der Waals surface area contributed by atoms with Crippen LogP contribution in [-0.2, 0) is 4.79 Å². The number of ether oxygens (including phenoxy) is 1. The van der Waals surface area contributed by atoms with Gasteiger partial charge in [0.2, 0.25) is 0 Å². The lowest BCUT2D eigenvalue weighted by molar-refractivity contribution is -0.142. The van der Waals surface area contributed by atoms with E-state index in [0.29, 0.717) is 16.9 Å². The van der Waals surface area contributed by atoms with Crippen molar-refractivity contribution in [1.82, 2.24) is 0 Å². The number of rotatable bonds is 3. The molecule has 0 amide bonds. The van der Waals surface area contributed by atoms with Crippen LogP contribution in [0, 0.1) is 5.41 Å². The molecule has 2 aliphatic rings. The molecule has 0 radical (unpaired) electrons. The van der Waals surface area contributed by atoms with Crippen LogP contribution in [0.1, 0.15) is 27.4 Å². The molecule has 0 bridgehead atoms. The molecular weight excluding hydrogens is 384 g/mol. The smallest absolute Gasteiger partial charge is 0.330 e. The van der Waals surface area contributed by atoms with Gasteiger partial charge in [0, 0.05) is 5.92 Å². The minimum Gasteiger partial charge on any atom is -0.425 e. The first-order valence-electron chi connectivity index (χ1n) is 10.2. The Morgan fingerprint density at radius 3 is 2.19 bits per heavy atom. The van der Waals surface area contributed by atoms with Crippen molar-refractivity contribution in [3.05, 3.63) is 131 Å². The van der Waals surface area contributed by atoms with E-state index < -0.39 is 17.3 Å². The van der Waals surface area contributed by atoms with E-state index in [1.54, 1.807) is 24.3 Å². The van der Waals surface area contributed by atoms with Gasteiger partial charge >= 0.3 is 5.97 Å². The van der Waals surface area contributed by atoms with E-state index in [1.807, 2.05) is 78.9 Å². The molecule has 2 atom stereocenters. The van der Waals surface area contributed by atoms with Gasteiger partial charge in [-0.05, 0) is 34.4 Å². The lowest BCUT2D eigenvalue weighted by Crippen LogP contribution is -2.48. The Kier molecular flexibility index (Phi) is 4.52. The van der Waals surface area contributed by atoms with Gasteiger partial charge in [0.05, 0.1) is 5.56 Å². The van der Waals surface area contributed by atoms with Crippen LogP contribution < -0.4 is 4.74 Å². The first kappa shape index (κ1) is 19.0. The normalized spacial score (nSPS) is 22.5. The Hall–Kier alpha value is -3.98. The second-order valence-electron chi connectivity index (χ2n) is 7.76. The van der Waals surface area contributed by atoms with E-state index in [0.717, 1.165) is 16.7 Å². The van der Waals surface area contributed by atoms with E-state index in [-0.39, 0.29) is 5.78 Å². The SMILES string of the molecule is C=C1C(/C=C\c2ccccc2)=CC(c2ccccc2)C12C(=O)Oc1ccccc1C2=O. The molecule has 0 fully saturated rings. The van der Waals surface area contributed by atoms with Crippen molar-refractivity contribution in [2.45, 2.75) is 5.92 Å². The first-order valence-corrected chi connectivity index (χ1v) is 10.2. The van der Waals surface area contributed by atoms with Crippen molar-refractivity contribution in [3.8, 4) is 5.75 Å². The standard InChI is InChI=1S/C28H20O3/c1-19-22(17-16-20-10-4-2-5-11-20)18-24(21-12-6-3-7-13-21)28(19)26(29)23-14-8-9-15-25(23)31-27(28)30/h2-18,24H,1H2/b17-16-. The fraction of sp³-hybridized carbons (Fsp3) is 0.0714. The molecule has 3 heteroatoms. The number of esters is 1. The number of hydrogen-bond acceptors (Lipinski definition) is 3. The predicted molar refractivity (Wildman–Crippen MR) is 121 cm³/mol. The van der Waals surface area contributed by atoms with Crippen LogP contribution in [0.3, 0.4) is 0 Å². The van der Waals surface area contributed by atoms with Gasteiger partial charge in [-0.2, -0.15) is 0 Å². The van der Waals surface area contributed by atoms with Crippen molar-refractivity contribution < 1.29 is 14.3 Å². The van der Waals surface area contributed by atoms with Gasteiger partial charge < -0.3 is 4.74 Å². The Morgan fingerprint density at radius 2 is 1.45 bits per heavy atom. The third-order valence-electron chi connectivity index (χ3n) is 6.07. The van der Waals surface area contributed by atoms with Crippen molar-refractivity contribution >= 4 is 17.8 Å². The molecule has 1 spiro atoms. The third-order valence-corrected chi connectivity index (χ3v) is 6.07. The van der Waals surface area contributed by atoms with Crippen LogP contribution in [0.2, 0.25) is 0 Å². The largest absolute Gasteiger partial charge is 0.425 e. The van der Waals surface area contributed by atoms with Gasteiger partial charge in [0.25, 0.3) is 0 Å². The molecule has 150 valence electrons. The summed E-state index contributed by atoms with van der Waals surface area (Å²) in [5, 5.41) is 0. The number of benzene rings is 3. The number of allylic oxidation sites excluding steroid dienone is 3. The van der Waals surface area contributed by atoms with Crippen molar-refractivity contribution in [1.29, 1.82) is 0 Å². The summed E-state index contributed by atoms with van der Waals surface area (Å²) < 4.78 is 5.70. The summed E-state index contributed by atoms with van der Waals surface area (Å²) in [6.07, 6.45) is 5.85. The Balaban J connectivity index is 1.66. The van der Waals surface area contributed by atoms with E-state index in [2.05, 4.69) is 6.58 Å². The van der Waals surface area contributed by atoms with Gasteiger partial charge in [-0.25, -0.2) is 0 Å². The third kappa shape index (κ3) is 2.89. The average Bonchev–Trinajstić information content (AvgIpc) is 3.11. The number of ketones is 1. The lowest BCUT2D eigenvalue weighted by atomic mass is 9.65. The zero-order valence-corrected chi connectivity index (χ0v) is 16.8. The van der Waals surface area contributed by atoms with E-state index in [4.69, 9.17) is 4.74 Å². The highest BCUT2D eigenvalue weighted by atomic mass is 16.5. The molecule has 2 unspecified atom stereocenters. The Bertz CT molecular complexity index is 1250. The maximum Gasteiger partial charge on any atom is 0.330 e. The van der Waals surface area contributed by atoms with Crippen molar-refractivity contribution in [2.75, 3.05) is 0 Å². The highest BCUT2D eigenvalue weighted by Gasteiger charge is 2.61. The molecule has 0 aromatic heterocycles. The molecule has 5 rings (SSSR count). The van der Waals surface area contributed by atoms with E-state index in [1.165, 1.54) is 0 Å². The van der Waals surface area contributed by atoms with Gasteiger partial charge in [-0.1, -0.05) is 97.6 Å². The van der Waals surface area contributed by atoms with Gasteiger partial charge in [0.15, 0.2) is 11.2 Å². The van der Waals surface area contributed by atoms with Gasteiger partial charge in [-0.15, -0.1) is 0 Å². The minimum atomic E-state index is -1.51. The van der Waals surface area contributed by atoms with Crippen LogP contribution in [0.4, 0.5) is 0 Å². The fourth-order valence-electron chi connectivity index (χ4n) is 4.49. The summed E-state index contributed by atoms with van der Waals surface area (Å²) in [6.45, 7) is 4.23. The number of carbonyl (C=O) groups excluding carboxylic acids is 2. The molecule has 0 N–H and O–H groups in total. The average molecular weight is 404 g/mol. The zero-order chi connectivity index (χ0) is 21.4. The van der Waals surface area contributed by atoms with E-state index >= 15 is 0 Å². The summed E-state index contributed by atoms with van der Waals surface area (Å²) in [4.78, 5) is 27.3. The summed E-state index contributed by atoms with van der Waals surface area (Å²) in [6, 6.07) is 26.4. The highest BCUT2D eigenvalue weighted by molar-refractivity contribution is 6.21. The second kappa shape index (κ2) is 7.37. The molecule has 3 aromatic rings. The number of hydrogen-bond donors (Lipinski definition) is 0. The number of para-hydroxylation sites is 1. The number of Topliss-reactive ketones (excluding diaryl/α,β-unsaturated/α-hetero) is 1. The Labute approximate surface area is 181 Å². The van der Waals surface area contributed by atoms with Crippen LogP contribution in [-0.4, -0.2) is 11.8 Å². The van der Waals surface area contributed by atoms with Crippen molar-refractivity contribution in [3.63, 3.8) is 0 Å². The molecule has 3 nitrogen and oxygen atoms in total. The number of fused-ring (bicyclic) bond motifs is 1. The molecule has 1 heterocycles. The maximum atomic E-state index is 13.8. The topological polar surface area (TPSA) is 43.4 Å². The van der Waals surface area contributed by atoms with Crippen molar-refractivity contribution in [2.24, 2.45) is 5.41 Å². The fourth-order valence-corrected chi connectivity index (χ4v) is 4.49. The minimum absolute atomic E-state index is 0.266. The molecule has 0 saturated carbocycles. The van der Waals surface area contributed by atoms with E-state index in [9.17, 15) is 9.59 Å². The predicted octanol–water partition coefficient (Wildman–Crippen LogP) is 5.77. The summed E-state index contributed by atoms with van der Waals surface area (Å²) in [5.41, 5.74) is 2.03. The summed E-state index contributed by atoms with van der Waals surface area (Å²) in [5.74, 6) is -1.03. The van der Waals surface area contributed by atoms with Crippen LogP contribution in [0.5, 0.6) is 5.75 Å². The molecule has 31 heavy (non-hydrogen) atoms. The summed E-state index contributed by atoms with van der Waals surface area (Å²) >= 11 is 0. The first-order chi connectivity index (χ1) is 15.1. The second-order valence-corrected chi connectivity index (χ2v) is 7.76. The Morgan fingerprint density at radius 1 is 0.806 bits per heavy atom. The van der Waals surface area contributed by atoms with Crippen LogP contribution >= 0.6 is 0 Å². The quantitative estimate of drug-likeness (QED) is 0.316. The monoisotopic (exact) mass is 404 g/mol. The summed E-state index contributed by atoms with van der Waals surface area (Å²) in [7, 11) is 0. The number of carbonyl (C=O) groups is 2. The molecule has 1 aliphatic carbocycles. The lowest BCUT2D eigenvalue weighted by Gasteiger charge is -2.37. The van der Waals surface area contributed by atoms with Gasteiger partial charge in [0.1, 0.15) is 5.75 Å². The molecular formula is C28H20O3. The molecule has 1 aliphatic heterocycles. The molecule has 3 aromatic carbocycles. The van der Waals surface area contributed by atoms with Crippen LogP contribution in [0.15, 0.2) is 115 Å².